The highest BCUT2D eigenvalue weighted by molar-refractivity contribution is 6.35. The van der Waals surface area contributed by atoms with E-state index in [-0.39, 0.29) is 5.91 Å². The third-order valence-corrected chi connectivity index (χ3v) is 6.59. The Labute approximate surface area is 198 Å². The minimum absolute atomic E-state index is 0.0945. The molecule has 0 unspecified atom stereocenters. The lowest BCUT2D eigenvalue weighted by Gasteiger charge is -2.14. The van der Waals surface area contributed by atoms with E-state index in [0.29, 0.717) is 12.2 Å². The molecule has 1 amide bonds. The third kappa shape index (κ3) is 4.08. The molecule has 6 nitrogen and oxygen atoms in total. The van der Waals surface area contributed by atoms with Crippen molar-refractivity contribution in [2.75, 3.05) is 31.6 Å². The van der Waals surface area contributed by atoms with Crippen LogP contribution in [-0.4, -0.2) is 47.0 Å². The predicted octanol–water partition coefficient (Wildman–Crippen LogP) is 5.20. The Morgan fingerprint density at radius 3 is 2.79 bits per heavy atom. The predicted molar refractivity (Wildman–Crippen MR) is 136 cm³/mol. The van der Waals surface area contributed by atoms with Crippen LogP contribution >= 0.6 is 0 Å². The molecule has 170 valence electrons. The number of fused-ring (bicyclic) bond motifs is 2. The van der Waals surface area contributed by atoms with E-state index in [4.69, 9.17) is 4.74 Å². The van der Waals surface area contributed by atoms with Crippen molar-refractivity contribution >= 4 is 34.1 Å². The van der Waals surface area contributed by atoms with E-state index < -0.39 is 0 Å². The molecule has 0 atom stereocenters. The Bertz CT molecular complexity index is 1380. The number of amides is 1. The van der Waals surface area contributed by atoms with Gasteiger partial charge in [0.25, 0.3) is 5.91 Å². The summed E-state index contributed by atoms with van der Waals surface area (Å²) in [6, 6.07) is 18.1. The van der Waals surface area contributed by atoms with Gasteiger partial charge in [-0.05, 0) is 74.0 Å². The molecule has 0 aliphatic carbocycles. The summed E-state index contributed by atoms with van der Waals surface area (Å²) < 4.78 is 5.99. The number of likely N-dealkylation sites (tertiary alicyclic amines) is 1. The molecule has 0 saturated carbocycles. The highest BCUT2D eigenvalue weighted by atomic mass is 16.5. The van der Waals surface area contributed by atoms with E-state index in [1.807, 2.05) is 54.7 Å². The summed E-state index contributed by atoms with van der Waals surface area (Å²) in [6.45, 7) is 4.03. The van der Waals surface area contributed by atoms with Crippen LogP contribution in [0.5, 0.6) is 5.75 Å². The van der Waals surface area contributed by atoms with Crippen LogP contribution in [0, 0.1) is 0 Å². The van der Waals surface area contributed by atoms with Crippen LogP contribution < -0.4 is 10.1 Å². The van der Waals surface area contributed by atoms with Gasteiger partial charge in [-0.25, -0.2) is 0 Å². The zero-order chi connectivity index (χ0) is 22.9. The molecule has 0 spiro atoms. The van der Waals surface area contributed by atoms with Crippen molar-refractivity contribution < 1.29 is 9.53 Å². The minimum atomic E-state index is -0.0945. The fourth-order valence-corrected chi connectivity index (χ4v) is 4.81. The molecule has 2 aliphatic rings. The molecule has 6 heteroatoms. The quantitative estimate of drug-likeness (QED) is 0.396. The summed E-state index contributed by atoms with van der Waals surface area (Å²) in [4.78, 5) is 22.8. The Morgan fingerprint density at radius 2 is 1.94 bits per heavy atom. The number of rotatable bonds is 6. The van der Waals surface area contributed by atoms with Crippen molar-refractivity contribution in [1.29, 1.82) is 0 Å². The lowest BCUT2D eigenvalue weighted by Crippen LogP contribution is -2.25. The first-order valence-corrected chi connectivity index (χ1v) is 11.8. The summed E-state index contributed by atoms with van der Waals surface area (Å²) in [5, 5.41) is 4.07. The van der Waals surface area contributed by atoms with Gasteiger partial charge >= 0.3 is 0 Å². The van der Waals surface area contributed by atoms with Gasteiger partial charge in [0.15, 0.2) is 0 Å². The smallest absolute Gasteiger partial charge is 0.256 e. The Balaban J connectivity index is 1.22. The van der Waals surface area contributed by atoms with Gasteiger partial charge in [-0.2, -0.15) is 0 Å². The maximum atomic E-state index is 12.8. The van der Waals surface area contributed by atoms with E-state index in [1.165, 1.54) is 25.9 Å². The monoisotopic (exact) mass is 450 g/mol. The van der Waals surface area contributed by atoms with Gasteiger partial charge in [0, 0.05) is 52.3 Å². The van der Waals surface area contributed by atoms with Crippen LogP contribution in [0.3, 0.4) is 0 Å². The fraction of sp³-hybridized carbons (Fsp3) is 0.214. The molecule has 34 heavy (non-hydrogen) atoms. The SMILES string of the molecule is O=C1Nc2cc(-c3cccnc3)ccc2C1=Cc1cc2cc(OCCN3CCCC3)ccc2[nH]1. The number of nitrogens with zero attached hydrogens (tertiary/aromatic N) is 2. The maximum Gasteiger partial charge on any atom is 0.256 e. The van der Waals surface area contributed by atoms with E-state index in [1.54, 1.807) is 6.20 Å². The van der Waals surface area contributed by atoms with Gasteiger partial charge < -0.3 is 15.0 Å². The fourth-order valence-electron chi connectivity index (χ4n) is 4.81. The summed E-state index contributed by atoms with van der Waals surface area (Å²) >= 11 is 0. The van der Waals surface area contributed by atoms with Gasteiger partial charge in [0.2, 0.25) is 0 Å². The van der Waals surface area contributed by atoms with Crippen LogP contribution in [0.4, 0.5) is 5.69 Å². The number of anilines is 1. The lowest BCUT2D eigenvalue weighted by molar-refractivity contribution is -0.110. The van der Waals surface area contributed by atoms with Crippen LogP contribution in [0.2, 0.25) is 0 Å². The summed E-state index contributed by atoms with van der Waals surface area (Å²) in [6.07, 6.45) is 8.08. The van der Waals surface area contributed by atoms with E-state index in [9.17, 15) is 4.79 Å². The number of carbonyl (C=O) groups is 1. The number of hydrogen-bond acceptors (Lipinski definition) is 4. The molecule has 1 saturated heterocycles. The van der Waals surface area contributed by atoms with Crippen molar-refractivity contribution in [1.82, 2.24) is 14.9 Å². The zero-order valence-corrected chi connectivity index (χ0v) is 18.9. The lowest BCUT2D eigenvalue weighted by atomic mass is 10.0. The number of aromatic amines is 1. The number of nitrogens with one attached hydrogen (secondary N) is 2. The molecule has 2 N–H and O–H groups in total. The first kappa shape index (κ1) is 20.7. The first-order chi connectivity index (χ1) is 16.7. The average Bonchev–Trinajstić information content (AvgIpc) is 3.59. The molecular formula is C28H26N4O2. The number of aromatic nitrogens is 2. The summed E-state index contributed by atoms with van der Waals surface area (Å²) in [5.74, 6) is 0.778. The largest absolute Gasteiger partial charge is 0.492 e. The third-order valence-electron chi connectivity index (χ3n) is 6.59. The molecule has 2 aromatic heterocycles. The molecule has 4 aromatic rings. The number of pyridine rings is 1. The van der Waals surface area contributed by atoms with Gasteiger partial charge in [-0.15, -0.1) is 0 Å². The van der Waals surface area contributed by atoms with Crippen molar-refractivity contribution in [3.05, 3.63) is 78.2 Å². The Kier molecular flexibility index (Phi) is 5.35. The molecule has 6 rings (SSSR count). The normalized spacial score (nSPS) is 16.8. The number of carbonyl (C=O) groups excluding carboxylic acids is 1. The Hall–Kier alpha value is -3.90. The molecule has 1 fully saturated rings. The highest BCUT2D eigenvalue weighted by Gasteiger charge is 2.24. The van der Waals surface area contributed by atoms with Crippen LogP contribution in [-0.2, 0) is 4.79 Å². The van der Waals surface area contributed by atoms with Crippen molar-refractivity contribution in [3.63, 3.8) is 0 Å². The number of hydrogen-bond donors (Lipinski definition) is 2. The second-order valence-electron chi connectivity index (χ2n) is 8.89. The molecule has 2 aromatic carbocycles. The van der Waals surface area contributed by atoms with Crippen molar-refractivity contribution in [2.45, 2.75) is 12.8 Å². The topological polar surface area (TPSA) is 70.2 Å². The Morgan fingerprint density at radius 1 is 1.03 bits per heavy atom. The zero-order valence-electron chi connectivity index (χ0n) is 18.9. The molecular weight excluding hydrogens is 424 g/mol. The highest BCUT2D eigenvalue weighted by Crippen LogP contribution is 2.36. The van der Waals surface area contributed by atoms with Crippen molar-refractivity contribution in [2.24, 2.45) is 0 Å². The number of H-pyrrole nitrogens is 1. The van der Waals surface area contributed by atoms with Crippen molar-refractivity contribution in [3.8, 4) is 16.9 Å². The molecule has 0 radical (unpaired) electrons. The van der Waals surface area contributed by atoms with Gasteiger partial charge in [0.05, 0.1) is 5.57 Å². The van der Waals surface area contributed by atoms with Crippen LogP contribution in [0.15, 0.2) is 67.0 Å². The second kappa shape index (κ2) is 8.80. The molecule has 2 aliphatic heterocycles. The van der Waals surface area contributed by atoms with E-state index >= 15 is 0 Å². The van der Waals surface area contributed by atoms with Gasteiger partial charge in [0.1, 0.15) is 12.4 Å². The summed E-state index contributed by atoms with van der Waals surface area (Å²) in [7, 11) is 0. The number of ether oxygens (including phenoxy) is 1. The van der Waals surface area contributed by atoms with E-state index in [0.717, 1.165) is 51.3 Å². The second-order valence-corrected chi connectivity index (χ2v) is 8.89. The average molecular weight is 451 g/mol. The van der Waals surface area contributed by atoms with Crippen LogP contribution in [0.25, 0.3) is 33.7 Å². The first-order valence-electron chi connectivity index (χ1n) is 11.8. The number of benzene rings is 2. The standard InChI is InChI=1S/C28H26N4O2/c33-28-25(24-7-5-19(16-27(24)31-28)20-4-3-9-29-18-20)17-22-14-21-15-23(6-8-26(21)30-22)34-13-12-32-10-1-2-11-32/h3-9,14-18,30H,1-2,10-13H2,(H,31,33). The molecule has 4 heterocycles. The molecule has 0 bridgehead atoms. The summed E-state index contributed by atoms with van der Waals surface area (Å²) in [5.41, 5.74) is 6.33. The van der Waals surface area contributed by atoms with Crippen LogP contribution in [0.1, 0.15) is 24.1 Å². The van der Waals surface area contributed by atoms with Gasteiger partial charge in [-0.3, -0.25) is 14.7 Å². The van der Waals surface area contributed by atoms with E-state index in [2.05, 4.69) is 32.3 Å². The minimum Gasteiger partial charge on any atom is -0.492 e. The van der Waals surface area contributed by atoms with Gasteiger partial charge in [-0.1, -0.05) is 18.2 Å². The maximum absolute atomic E-state index is 12.8.